The zero-order valence-corrected chi connectivity index (χ0v) is 20.6. The number of halogens is 3. The number of ether oxygens (including phenoxy) is 1. The molecule has 1 heterocycles. The molecule has 2 N–H and O–H groups in total. The number of nitrogens with two attached hydrogens (primary N) is 1. The molecular formula is C23H34F3N5O4. The van der Waals surface area contributed by atoms with Crippen molar-refractivity contribution in [1.82, 2.24) is 19.7 Å². The van der Waals surface area contributed by atoms with Crippen LogP contribution in [0.3, 0.4) is 0 Å². The number of hydrogen-bond acceptors (Lipinski definition) is 7. The predicted octanol–water partition coefficient (Wildman–Crippen LogP) is 1.40. The van der Waals surface area contributed by atoms with Gasteiger partial charge in [-0.1, -0.05) is 12.7 Å². The van der Waals surface area contributed by atoms with E-state index in [1.165, 1.54) is 18.3 Å². The highest BCUT2D eigenvalue weighted by Crippen LogP contribution is 2.19. The molecule has 0 fully saturated rings. The Morgan fingerprint density at radius 3 is 2.37 bits per heavy atom. The number of likely N-dealkylation sites (N-methyl/N-ethyl adjacent to an activating group) is 1. The van der Waals surface area contributed by atoms with Crippen molar-refractivity contribution in [2.75, 3.05) is 53.9 Å². The van der Waals surface area contributed by atoms with Crippen LogP contribution in [0.1, 0.15) is 28.0 Å². The van der Waals surface area contributed by atoms with Crippen LogP contribution < -0.4 is 5.73 Å². The molecule has 0 aliphatic rings. The Bertz CT molecular complexity index is 892. The molecule has 1 atom stereocenters. The maximum atomic E-state index is 12.9. The zero-order chi connectivity index (χ0) is 26.8. The van der Waals surface area contributed by atoms with Crippen molar-refractivity contribution in [3.8, 4) is 0 Å². The summed E-state index contributed by atoms with van der Waals surface area (Å²) < 4.78 is 43.2. The lowest BCUT2D eigenvalue weighted by Gasteiger charge is -2.25. The fraction of sp³-hybridized carbons (Fsp3) is 0.565. The van der Waals surface area contributed by atoms with Gasteiger partial charge in [-0.15, -0.1) is 0 Å². The molecular weight excluding hydrogens is 467 g/mol. The van der Waals surface area contributed by atoms with Crippen molar-refractivity contribution in [2.24, 2.45) is 5.73 Å². The Morgan fingerprint density at radius 2 is 1.83 bits per heavy atom. The Balaban J connectivity index is 2.92. The molecule has 0 saturated heterocycles. The van der Waals surface area contributed by atoms with Crippen LogP contribution in [0.5, 0.6) is 0 Å². The van der Waals surface area contributed by atoms with Crippen molar-refractivity contribution < 1.29 is 32.3 Å². The minimum atomic E-state index is -4.98. The second-order valence-corrected chi connectivity index (χ2v) is 8.25. The van der Waals surface area contributed by atoms with E-state index in [4.69, 9.17) is 10.5 Å². The lowest BCUT2D eigenvalue weighted by atomic mass is 10.0. The van der Waals surface area contributed by atoms with Gasteiger partial charge in [0.2, 0.25) is 5.91 Å². The van der Waals surface area contributed by atoms with Gasteiger partial charge in [-0.25, -0.2) is 4.79 Å². The van der Waals surface area contributed by atoms with Gasteiger partial charge in [0.15, 0.2) is 0 Å². The molecule has 0 bridgehead atoms. The van der Waals surface area contributed by atoms with E-state index in [2.05, 4.69) is 11.6 Å². The minimum Gasteiger partial charge on any atom is -0.454 e. The maximum Gasteiger partial charge on any atom is 0.471 e. The van der Waals surface area contributed by atoms with Crippen LogP contribution in [-0.4, -0.2) is 104 Å². The highest BCUT2D eigenvalue weighted by molar-refractivity contribution is 5.91. The monoisotopic (exact) mass is 501 g/mol. The average Bonchev–Trinajstić information content (AvgIpc) is 2.80. The Labute approximate surface area is 203 Å². The van der Waals surface area contributed by atoms with Gasteiger partial charge in [-0.3, -0.25) is 14.6 Å². The molecule has 0 aromatic carbocycles. The van der Waals surface area contributed by atoms with Gasteiger partial charge in [0.05, 0.1) is 12.1 Å². The van der Waals surface area contributed by atoms with E-state index < -0.39 is 24.2 Å². The molecule has 196 valence electrons. The van der Waals surface area contributed by atoms with Crippen molar-refractivity contribution in [3.05, 3.63) is 41.7 Å². The van der Waals surface area contributed by atoms with Gasteiger partial charge >= 0.3 is 18.1 Å². The summed E-state index contributed by atoms with van der Waals surface area (Å²) in [4.78, 5) is 44.7. The topological polar surface area (TPSA) is 109 Å². The normalized spacial score (nSPS) is 12.3. The molecule has 0 saturated carbocycles. The fourth-order valence-electron chi connectivity index (χ4n) is 3.23. The Morgan fingerprint density at radius 1 is 1.17 bits per heavy atom. The largest absolute Gasteiger partial charge is 0.471 e. The number of alkyl halides is 3. The number of nitrogens with zero attached hydrogens (tertiary/aromatic N) is 4. The van der Waals surface area contributed by atoms with E-state index >= 15 is 0 Å². The van der Waals surface area contributed by atoms with Gasteiger partial charge < -0.3 is 25.2 Å². The van der Waals surface area contributed by atoms with E-state index in [1.54, 1.807) is 11.8 Å². The molecule has 0 aliphatic carbocycles. The third kappa shape index (κ3) is 9.65. The summed E-state index contributed by atoms with van der Waals surface area (Å²) >= 11 is 0. The molecule has 1 aromatic heterocycles. The number of aryl methyl sites for hydroxylation is 1. The average molecular weight is 502 g/mol. The van der Waals surface area contributed by atoms with Crippen LogP contribution in [0.25, 0.3) is 0 Å². The molecule has 1 aromatic rings. The van der Waals surface area contributed by atoms with Gasteiger partial charge in [0.1, 0.15) is 6.10 Å². The number of carbonyl (C=O) groups excluding carboxylic acids is 3. The number of rotatable bonds is 13. The molecule has 2 amide bonds. The van der Waals surface area contributed by atoms with Gasteiger partial charge in [-0.05, 0) is 39.1 Å². The zero-order valence-electron chi connectivity index (χ0n) is 20.6. The molecule has 12 heteroatoms. The van der Waals surface area contributed by atoms with Crippen molar-refractivity contribution >= 4 is 17.8 Å². The predicted molar refractivity (Wildman–Crippen MR) is 125 cm³/mol. The highest BCUT2D eigenvalue weighted by Gasteiger charge is 2.41. The molecule has 9 nitrogen and oxygen atoms in total. The summed E-state index contributed by atoms with van der Waals surface area (Å²) in [5.41, 5.74) is 6.93. The number of esters is 1. The van der Waals surface area contributed by atoms with E-state index in [0.29, 0.717) is 42.2 Å². The molecule has 0 spiro atoms. The number of aromatic nitrogens is 1. The third-order valence-electron chi connectivity index (χ3n) is 5.33. The second kappa shape index (κ2) is 13.8. The molecule has 35 heavy (non-hydrogen) atoms. The third-order valence-corrected chi connectivity index (χ3v) is 5.33. The van der Waals surface area contributed by atoms with Crippen LogP contribution in [0.2, 0.25) is 0 Å². The number of hydrogen-bond donors (Lipinski definition) is 1. The SMILES string of the molecule is C=CC(CCN(C)C(=O)C(F)(F)F)OC(=O)c1ccnc(C)c1CCN(CCN(C)C)C(=O)CN. The first kappa shape index (κ1) is 30.0. The number of amides is 2. The van der Waals surface area contributed by atoms with E-state index in [1.807, 2.05) is 19.0 Å². The first-order valence-corrected chi connectivity index (χ1v) is 11.0. The maximum absolute atomic E-state index is 12.9. The second-order valence-electron chi connectivity index (χ2n) is 8.25. The summed E-state index contributed by atoms with van der Waals surface area (Å²) in [6.07, 6.45) is -2.89. The van der Waals surface area contributed by atoms with Crippen LogP contribution in [0, 0.1) is 6.92 Å². The van der Waals surface area contributed by atoms with Gasteiger partial charge in [0, 0.05) is 51.5 Å². The van der Waals surface area contributed by atoms with Gasteiger partial charge in [0.25, 0.3) is 0 Å². The Kier molecular flexibility index (Phi) is 11.8. The van der Waals surface area contributed by atoms with Crippen LogP contribution in [-0.2, 0) is 20.7 Å². The lowest BCUT2D eigenvalue weighted by molar-refractivity contribution is -0.184. The summed E-state index contributed by atoms with van der Waals surface area (Å²) in [7, 11) is 4.79. The fourth-order valence-corrected chi connectivity index (χ4v) is 3.23. The van der Waals surface area contributed by atoms with E-state index in [-0.39, 0.29) is 31.0 Å². The molecule has 0 aliphatic heterocycles. The highest BCUT2D eigenvalue weighted by atomic mass is 19.4. The summed E-state index contributed by atoms with van der Waals surface area (Å²) in [6, 6.07) is 1.49. The first-order valence-electron chi connectivity index (χ1n) is 11.0. The Hall–Kier alpha value is -2.99. The minimum absolute atomic E-state index is 0.0593. The molecule has 1 rings (SSSR count). The van der Waals surface area contributed by atoms with Crippen LogP contribution in [0.15, 0.2) is 24.9 Å². The van der Waals surface area contributed by atoms with Crippen LogP contribution in [0.4, 0.5) is 13.2 Å². The number of pyridine rings is 1. The number of carbonyl (C=O) groups is 3. The van der Waals surface area contributed by atoms with Crippen molar-refractivity contribution in [3.63, 3.8) is 0 Å². The first-order chi connectivity index (χ1) is 16.3. The standard InChI is InChI=1S/C23H34F3N5O4/c1-6-17(8-11-30(5)22(34)23(24,25)26)35-21(33)19-7-10-28-16(2)18(19)9-12-31(20(32)15-27)14-13-29(3)4/h6-7,10,17H,1,8-9,11-15,27H2,2-5H3. The van der Waals surface area contributed by atoms with Crippen molar-refractivity contribution in [2.45, 2.75) is 32.0 Å². The molecule has 0 radical (unpaired) electrons. The summed E-state index contributed by atoms with van der Waals surface area (Å²) in [6.45, 7) is 6.28. The molecule has 1 unspecified atom stereocenters. The van der Waals surface area contributed by atoms with Crippen molar-refractivity contribution in [1.29, 1.82) is 0 Å². The smallest absolute Gasteiger partial charge is 0.454 e. The summed E-state index contributed by atoms with van der Waals surface area (Å²) in [5.74, 6) is -2.91. The lowest BCUT2D eigenvalue weighted by Crippen LogP contribution is -2.41. The van der Waals surface area contributed by atoms with E-state index in [9.17, 15) is 27.6 Å². The van der Waals surface area contributed by atoms with Crippen LogP contribution >= 0.6 is 0 Å². The van der Waals surface area contributed by atoms with E-state index in [0.717, 1.165) is 7.05 Å². The quantitative estimate of drug-likeness (QED) is 0.322. The van der Waals surface area contributed by atoms with Gasteiger partial charge in [-0.2, -0.15) is 13.2 Å². The summed E-state index contributed by atoms with van der Waals surface area (Å²) in [5, 5.41) is 0.